The number of benzene rings is 2. The topological polar surface area (TPSA) is 104 Å². The molecule has 0 fully saturated rings. The maximum Gasteiger partial charge on any atom is 0.262 e. The highest BCUT2D eigenvalue weighted by molar-refractivity contribution is 6.36. The highest BCUT2D eigenvalue weighted by atomic mass is 35.5. The molecular formula is C21H20Cl2N4O3. The second kappa shape index (κ2) is 11.2. The lowest BCUT2D eigenvalue weighted by Crippen LogP contribution is -2.48. The van der Waals surface area contributed by atoms with Crippen LogP contribution in [0.2, 0.25) is 10.0 Å². The molecule has 0 heterocycles. The molecule has 0 saturated heterocycles. The van der Waals surface area contributed by atoms with Crippen LogP contribution in [0.15, 0.2) is 47.6 Å². The van der Waals surface area contributed by atoms with E-state index in [0.717, 1.165) is 5.56 Å². The third-order valence-corrected chi connectivity index (χ3v) is 4.53. The molecule has 2 aromatic carbocycles. The molecule has 0 bridgehead atoms. The lowest BCUT2D eigenvalue weighted by atomic mass is 10.0. The van der Waals surface area contributed by atoms with Crippen molar-refractivity contribution in [2.24, 2.45) is 11.0 Å². The van der Waals surface area contributed by atoms with Crippen LogP contribution in [0, 0.1) is 17.2 Å². The van der Waals surface area contributed by atoms with Gasteiger partial charge in [0.25, 0.3) is 11.8 Å². The first-order valence-electron chi connectivity index (χ1n) is 9.00. The van der Waals surface area contributed by atoms with E-state index >= 15 is 0 Å². The highest BCUT2D eigenvalue weighted by Crippen LogP contribution is 2.21. The van der Waals surface area contributed by atoms with Crippen LogP contribution in [-0.2, 0) is 4.79 Å². The van der Waals surface area contributed by atoms with Crippen LogP contribution in [-0.4, -0.2) is 30.7 Å². The first-order chi connectivity index (χ1) is 14.3. The number of hydrogen-bond acceptors (Lipinski definition) is 5. The van der Waals surface area contributed by atoms with E-state index in [4.69, 9.17) is 33.2 Å². The quantitative estimate of drug-likeness (QED) is 0.475. The molecular weight excluding hydrogens is 427 g/mol. The number of halogens is 2. The van der Waals surface area contributed by atoms with Crippen molar-refractivity contribution < 1.29 is 14.3 Å². The molecule has 0 aliphatic carbocycles. The SMILES string of the molecule is CC(C)C(NC(=O)c1ccc(Cl)cc1Cl)C(=O)NN=Cc1ccc(OCC#N)cc1. The van der Waals surface area contributed by atoms with Gasteiger partial charge in [-0.1, -0.05) is 37.0 Å². The molecule has 2 aromatic rings. The molecule has 1 unspecified atom stereocenters. The van der Waals surface area contributed by atoms with E-state index in [9.17, 15) is 9.59 Å². The summed E-state index contributed by atoms with van der Waals surface area (Å²) in [5.74, 6) is -0.580. The van der Waals surface area contributed by atoms with Crippen LogP contribution < -0.4 is 15.5 Å². The molecule has 2 N–H and O–H groups in total. The van der Waals surface area contributed by atoms with Crippen molar-refractivity contribution in [1.29, 1.82) is 5.26 Å². The van der Waals surface area contributed by atoms with Crippen molar-refractivity contribution in [1.82, 2.24) is 10.7 Å². The third-order valence-electron chi connectivity index (χ3n) is 3.98. The Kier molecular flexibility index (Phi) is 8.66. The van der Waals surface area contributed by atoms with Crippen LogP contribution in [0.25, 0.3) is 0 Å². The van der Waals surface area contributed by atoms with Gasteiger partial charge in [-0.15, -0.1) is 0 Å². The number of carbonyl (C=O) groups is 2. The van der Waals surface area contributed by atoms with Gasteiger partial charge < -0.3 is 10.1 Å². The number of rotatable bonds is 8. The van der Waals surface area contributed by atoms with E-state index < -0.39 is 17.9 Å². The Morgan fingerprint density at radius 3 is 2.50 bits per heavy atom. The van der Waals surface area contributed by atoms with Gasteiger partial charge in [0.15, 0.2) is 6.61 Å². The van der Waals surface area contributed by atoms with Crippen molar-refractivity contribution in [3.8, 4) is 11.8 Å². The highest BCUT2D eigenvalue weighted by Gasteiger charge is 2.25. The van der Waals surface area contributed by atoms with Crippen LogP contribution in [0.4, 0.5) is 0 Å². The summed E-state index contributed by atoms with van der Waals surface area (Å²) in [5, 5.41) is 15.7. The van der Waals surface area contributed by atoms with Crippen molar-refractivity contribution in [2.45, 2.75) is 19.9 Å². The molecule has 30 heavy (non-hydrogen) atoms. The summed E-state index contributed by atoms with van der Waals surface area (Å²) in [6.07, 6.45) is 1.46. The summed E-state index contributed by atoms with van der Waals surface area (Å²) in [6, 6.07) is 12.4. The van der Waals surface area contributed by atoms with Gasteiger partial charge in [0.1, 0.15) is 17.9 Å². The molecule has 7 nitrogen and oxygen atoms in total. The van der Waals surface area contributed by atoms with E-state index in [1.54, 1.807) is 44.2 Å². The maximum absolute atomic E-state index is 12.5. The second-order valence-electron chi connectivity index (χ2n) is 6.57. The van der Waals surface area contributed by atoms with E-state index in [1.165, 1.54) is 18.3 Å². The fourth-order valence-corrected chi connectivity index (χ4v) is 2.93. The number of ether oxygens (including phenoxy) is 1. The predicted octanol–water partition coefficient (Wildman–Crippen LogP) is 3.80. The number of hydrogen-bond donors (Lipinski definition) is 2. The largest absolute Gasteiger partial charge is 0.479 e. The molecule has 0 aromatic heterocycles. The Morgan fingerprint density at radius 2 is 1.90 bits per heavy atom. The first kappa shape index (κ1) is 23.2. The summed E-state index contributed by atoms with van der Waals surface area (Å²) < 4.78 is 5.17. The average Bonchev–Trinajstić information content (AvgIpc) is 2.70. The van der Waals surface area contributed by atoms with Gasteiger partial charge in [-0.05, 0) is 53.9 Å². The van der Waals surface area contributed by atoms with Gasteiger partial charge >= 0.3 is 0 Å². The number of nitrogens with one attached hydrogen (secondary N) is 2. The average molecular weight is 447 g/mol. The molecule has 0 aliphatic rings. The molecule has 1 atom stereocenters. The van der Waals surface area contributed by atoms with Crippen LogP contribution in [0.5, 0.6) is 5.75 Å². The van der Waals surface area contributed by atoms with Gasteiger partial charge in [-0.2, -0.15) is 10.4 Å². The Bertz CT molecular complexity index is 969. The fraction of sp³-hybridized carbons (Fsp3) is 0.238. The molecule has 0 aliphatic heterocycles. The summed E-state index contributed by atoms with van der Waals surface area (Å²) in [7, 11) is 0. The van der Waals surface area contributed by atoms with Gasteiger partial charge in [0.2, 0.25) is 0 Å². The third kappa shape index (κ3) is 6.76. The molecule has 9 heteroatoms. The van der Waals surface area contributed by atoms with Crippen LogP contribution in [0.1, 0.15) is 29.8 Å². The zero-order chi connectivity index (χ0) is 22.1. The van der Waals surface area contributed by atoms with Crippen molar-refractivity contribution >= 4 is 41.2 Å². The van der Waals surface area contributed by atoms with E-state index in [-0.39, 0.29) is 23.1 Å². The lowest BCUT2D eigenvalue weighted by Gasteiger charge is -2.20. The van der Waals surface area contributed by atoms with E-state index in [2.05, 4.69) is 15.8 Å². The molecule has 2 amide bonds. The fourth-order valence-electron chi connectivity index (χ4n) is 2.43. The first-order valence-corrected chi connectivity index (χ1v) is 9.76. The lowest BCUT2D eigenvalue weighted by molar-refractivity contribution is -0.123. The molecule has 2 rings (SSSR count). The number of nitrogens with zero attached hydrogens (tertiary/aromatic N) is 2. The number of carbonyl (C=O) groups excluding carboxylic acids is 2. The van der Waals surface area contributed by atoms with Crippen molar-refractivity contribution in [2.75, 3.05) is 6.61 Å². The van der Waals surface area contributed by atoms with E-state index in [0.29, 0.717) is 10.8 Å². The van der Waals surface area contributed by atoms with Crippen molar-refractivity contribution in [3.05, 3.63) is 63.6 Å². The zero-order valence-corrected chi connectivity index (χ0v) is 17.9. The van der Waals surface area contributed by atoms with Crippen LogP contribution in [0.3, 0.4) is 0 Å². The van der Waals surface area contributed by atoms with Gasteiger partial charge in [-0.3, -0.25) is 9.59 Å². The van der Waals surface area contributed by atoms with Crippen LogP contribution >= 0.6 is 23.2 Å². The second-order valence-corrected chi connectivity index (χ2v) is 7.41. The Balaban J connectivity index is 1.99. The monoisotopic (exact) mass is 446 g/mol. The zero-order valence-electron chi connectivity index (χ0n) is 16.4. The van der Waals surface area contributed by atoms with Gasteiger partial charge in [-0.25, -0.2) is 5.43 Å². The van der Waals surface area contributed by atoms with Gasteiger partial charge in [0.05, 0.1) is 16.8 Å². The normalized spacial score (nSPS) is 11.7. The maximum atomic E-state index is 12.5. The molecule has 0 spiro atoms. The molecule has 0 saturated carbocycles. The summed E-state index contributed by atoms with van der Waals surface area (Å²) in [6.45, 7) is 3.57. The number of amides is 2. The van der Waals surface area contributed by atoms with E-state index in [1.807, 2.05) is 6.07 Å². The van der Waals surface area contributed by atoms with Crippen molar-refractivity contribution in [3.63, 3.8) is 0 Å². The molecule has 156 valence electrons. The Morgan fingerprint density at radius 1 is 1.20 bits per heavy atom. The molecule has 0 radical (unpaired) electrons. The minimum atomic E-state index is -0.817. The summed E-state index contributed by atoms with van der Waals surface area (Å²) >= 11 is 11.9. The number of nitriles is 1. The standard InChI is InChI=1S/C21H20Cl2N4O3/c1-13(2)19(26-20(28)17-8-5-15(22)11-18(17)23)21(29)27-25-12-14-3-6-16(7-4-14)30-10-9-24/h3-8,11-13,19H,10H2,1-2H3,(H,26,28)(H,27,29). The minimum absolute atomic E-state index is 0.0347. The summed E-state index contributed by atoms with van der Waals surface area (Å²) in [5.41, 5.74) is 3.37. The predicted molar refractivity (Wildman–Crippen MR) is 116 cm³/mol. The summed E-state index contributed by atoms with van der Waals surface area (Å²) in [4.78, 5) is 25.0. The smallest absolute Gasteiger partial charge is 0.262 e. The number of hydrazone groups is 1. The van der Waals surface area contributed by atoms with Gasteiger partial charge in [0, 0.05) is 5.02 Å². The Labute approximate surface area is 184 Å². The minimum Gasteiger partial charge on any atom is -0.479 e. The Hall–Kier alpha value is -3.08.